The first-order valence-corrected chi connectivity index (χ1v) is 15.1. The van der Waals surface area contributed by atoms with E-state index in [4.69, 9.17) is 18.9 Å². The van der Waals surface area contributed by atoms with Crippen molar-refractivity contribution < 1.29 is 40.6 Å². The highest BCUT2D eigenvalue weighted by Crippen LogP contribution is 2.33. The monoisotopic (exact) mass is 571 g/mol. The van der Waals surface area contributed by atoms with E-state index in [0.29, 0.717) is 43.6 Å². The van der Waals surface area contributed by atoms with Gasteiger partial charge in [0, 0.05) is 19.2 Å². The van der Waals surface area contributed by atoms with Gasteiger partial charge in [0.05, 0.1) is 50.8 Å². The Morgan fingerprint density at radius 2 is 1.66 bits per heavy atom. The number of methoxy groups -OCH3 is 2. The fraction of sp³-hybridized carbons (Fsp3) is 0.458. The number of hydrogen-bond acceptors (Lipinski definition) is 9. The van der Waals surface area contributed by atoms with Crippen LogP contribution in [0.3, 0.4) is 0 Å². The molecular formula is C24H33N3O9S2. The largest absolute Gasteiger partial charge is 0.493 e. The summed E-state index contributed by atoms with van der Waals surface area (Å²) in [6, 6.07) is 9.52. The number of anilines is 1. The van der Waals surface area contributed by atoms with E-state index in [1.165, 1.54) is 49.7 Å². The highest BCUT2D eigenvalue weighted by molar-refractivity contribution is 7.92. The van der Waals surface area contributed by atoms with Crippen molar-refractivity contribution in [1.82, 2.24) is 9.62 Å². The van der Waals surface area contributed by atoms with E-state index in [9.17, 15) is 21.6 Å². The van der Waals surface area contributed by atoms with Crippen LogP contribution in [0.25, 0.3) is 0 Å². The highest BCUT2D eigenvalue weighted by Gasteiger charge is 2.30. The summed E-state index contributed by atoms with van der Waals surface area (Å²) >= 11 is 0. The van der Waals surface area contributed by atoms with Crippen molar-refractivity contribution in [2.75, 3.05) is 64.2 Å². The molecule has 1 fully saturated rings. The smallest absolute Gasteiger partial charge is 0.243 e. The van der Waals surface area contributed by atoms with Gasteiger partial charge in [-0.2, -0.15) is 4.31 Å². The van der Waals surface area contributed by atoms with Crippen molar-refractivity contribution >= 4 is 31.6 Å². The first kappa shape index (κ1) is 29.5. The van der Waals surface area contributed by atoms with Crippen molar-refractivity contribution in [3.8, 4) is 17.2 Å². The first-order valence-electron chi connectivity index (χ1n) is 11.8. The Labute approximate surface area is 223 Å². The van der Waals surface area contributed by atoms with Crippen molar-refractivity contribution in [2.24, 2.45) is 0 Å². The molecule has 0 saturated carbocycles. The van der Waals surface area contributed by atoms with Gasteiger partial charge in [-0.15, -0.1) is 0 Å². The summed E-state index contributed by atoms with van der Waals surface area (Å²) in [4.78, 5) is 12.9. The zero-order valence-electron chi connectivity index (χ0n) is 21.7. The number of nitrogens with zero attached hydrogens (tertiary/aromatic N) is 2. The van der Waals surface area contributed by atoms with Crippen LogP contribution in [-0.2, 0) is 29.6 Å². The molecular weight excluding hydrogens is 538 g/mol. The number of nitrogens with one attached hydrogen (secondary N) is 1. The van der Waals surface area contributed by atoms with E-state index in [2.05, 4.69) is 5.32 Å². The van der Waals surface area contributed by atoms with Gasteiger partial charge in [-0.1, -0.05) is 0 Å². The second-order valence-electron chi connectivity index (χ2n) is 8.40. The van der Waals surface area contributed by atoms with Crippen LogP contribution in [0.2, 0.25) is 0 Å². The van der Waals surface area contributed by atoms with E-state index in [-0.39, 0.29) is 23.7 Å². The topological polar surface area (TPSA) is 141 Å². The summed E-state index contributed by atoms with van der Waals surface area (Å²) < 4.78 is 74.2. The number of morpholine rings is 1. The molecule has 1 heterocycles. The number of hydrogen-bond donors (Lipinski definition) is 1. The van der Waals surface area contributed by atoms with Crippen molar-refractivity contribution in [2.45, 2.75) is 17.9 Å². The fourth-order valence-corrected chi connectivity index (χ4v) is 6.48. The summed E-state index contributed by atoms with van der Waals surface area (Å²) in [6.45, 7) is 3.00. The molecule has 0 bridgehead atoms. The van der Waals surface area contributed by atoms with E-state index in [1.807, 2.05) is 0 Å². The van der Waals surface area contributed by atoms with Gasteiger partial charge < -0.3 is 24.3 Å². The van der Waals surface area contributed by atoms with Gasteiger partial charge >= 0.3 is 0 Å². The molecule has 210 valence electrons. The Hall–Kier alpha value is -3.07. The van der Waals surface area contributed by atoms with E-state index in [1.54, 1.807) is 18.2 Å². The van der Waals surface area contributed by atoms with Gasteiger partial charge in [-0.3, -0.25) is 9.10 Å². The van der Waals surface area contributed by atoms with Crippen LogP contribution < -0.4 is 23.8 Å². The third-order valence-electron chi connectivity index (χ3n) is 5.81. The second kappa shape index (κ2) is 12.7. The molecule has 0 radical (unpaired) electrons. The summed E-state index contributed by atoms with van der Waals surface area (Å²) in [7, 11) is -4.53. The maximum atomic E-state index is 12.8. The summed E-state index contributed by atoms with van der Waals surface area (Å²) in [5, 5.41) is 2.66. The maximum Gasteiger partial charge on any atom is 0.243 e. The lowest BCUT2D eigenvalue weighted by Gasteiger charge is -2.28. The molecule has 2 aromatic carbocycles. The minimum Gasteiger partial charge on any atom is -0.493 e. The molecule has 0 spiro atoms. The van der Waals surface area contributed by atoms with Crippen LogP contribution in [0, 0.1) is 0 Å². The molecule has 1 aliphatic heterocycles. The van der Waals surface area contributed by atoms with Crippen LogP contribution >= 0.6 is 0 Å². The molecule has 2 aromatic rings. The predicted octanol–water partition coefficient (Wildman–Crippen LogP) is 1.07. The van der Waals surface area contributed by atoms with Crippen LogP contribution in [-0.4, -0.2) is 93.0 Å². The number of rotatable bonds is 12. The molecule has 38 heavy (non-hydrogen) atoms. The van der Waals surface area contributed by atoms with Crippen molar-refractivity contribution in [1.29, 1.82) is 0 Å². The fourth-order valence-electron chi connectivity index (χ4n) is 3.91. The van der Waals surface area contributed by atoms with Crippen LogP contribution in [0.15, 0.2) is 47.4 Å². The van der Waals surface area contributed by atoms with Gasteiger partial charge in [0.1, 0.15) is 18.4 Å². The number of carbonyl (C=O) groups excluding carboxylic acids is 1. The normalized spacial score (nSPS) is 15.4. The standard InChI is InChI=1S/C24H33N3O9S2/c1-18(27(37(4,29)30)19-5-10-22(33-2)23(17-19)34-3)24(28)25-11-14-36-20-6-8-21(9-7-20)38(31,32)26-12-15-35-16-13-26/h5-10,17-18H,11-16H2,1-4H3,(H,25,28)/t18-/m1/s1. The molecule has 1 atom stereocenters. The average molecular weight is 572 g/mol. The highest BCUT2D eigenvalue weighted by atomic mass is 32.2. The molecule has 0 aliphatic carbocycles. The third-order valence-corrected chi connectivity index (χ3v) is 8.97. The van der Waals surface area contributed by atoms with Gasteiger partial charge in [-0.25, -0.2) is 16.8 Å². The van der Waals surface area contributed by atoms with E-state index >= 15 is 0 Å². The van der Waals surface area contributed by atoms with E-state index in [0.717, 1.165) is 10.6 Å². The molecule has 1 saturated heterocycles. The van der Waals surface area contributed by atoms with Gasteiger partial charge in [0.2, 0.25) is 26.0 Å². The van der Waals surface area contributed by atoms with Gasteiger partial charge in [0.25, 0.3) is 0 Å². The number of benzene rings is 2. The molecule has 1 N–H and O–H groups in total. The van der Waals surface area contributed by atoms with Crippen LogP contribution in [0.5, 0.6) is 17.2 Å². The molecule has 3 rings (SSSR count). The number of sulfonamides is 2. The molecule has 14 heteroatoms. The Bertz CT molecular complexity index is 1310. The van der Waals surface area contributed by atoms with E-state index < -0.39 is 32.0 Å². The quantitative estimate of drug-likeness (QED) is 0.371. The SMILES string of the molecule is COc1ccc(N([C@H](C)C(=O)NCCOc2ccc(S(=O)(=O)N3CCOCC3)cc2)S(C)(=O)=O)cc1OC. The average Bonchev–Trinajstić information content (AvgIpc) is 2.90. The lowest BCUT2D eigenvalue weighted by Crippen LogP contribution is -2.48. The Morgan fingerprint density at radius 3 is 2.24 bits per heavy atom. The maximum absolute atomic E-state index is 12.8. The zero-order chi connectivity index (χ0) is 27.9. The minimum atomic E-state index is -3.82. The van der Waals surface area contributed by atoms with Gasteiger partial charge in [-0.05, 0) is 43.3 Å². The Kier molecular flexibility index (Phi) is 9.82. The minimum absolute atomic E-state index is 0.0866. The molecule has 1 aliphatic rings. The summed E-state index contributed by atoms with van der Waals surface area (Å²) in [6.07, 6.45) is 1.01. The molecule has 12 nitrogen and oxygen atoms in total. The summed E-state index contributed by atoms with van der Waals surface area (Å²) in [5.74, 6) is 0.645. The summed E-state index contributed by atoms with van der Waals surface area (Å²) in [5.41, 5.74) is 0.246. The van der Waals surface area contributed by atoms with Crippen molar-refractivity contribution in [3.05, 3.63) is 42.5 Å². The zero-order valence-corrected chi connectivity index (χ0v) is 23.4. The van der Waals surface area contributed by atoms with Crippen LogP contribution in [0.1, 0.15) is 6.92 Å². The van der Waals surface area contributed by atoms with Crippen molar-refractivity contribution in [3.63, 3.8) is 0 Å². The molecule has 0 unspecified atom stereocenters. The number of amides is 1. The van der Waals surface area contributed by atoms with Crippen LogP contribution in [0.4, 0.5) is 5.69 Å². The first-order chi connectivity index (χ1) is 18.0. The lowest BCUT2D eigenvalue weighted by molar-refractivity contribution is -0.121. The predicted molar refractivity (Wildman–Crippen MR) is 141 cm³/mol. The molecule has 0 aromatic heterocycles. The molecule has 1 amide bonds. The van der Waals surface area contributed by atoms with Gasteiger partial charge in [0.15, 0.2) is 11.5 Å². The number of carbonyl (C=O) groups is 1. The lowest BCUT2D eigenvalue weighted by atomic mass is 10.2. The Balaban J connectivity index is 1.57. The Morgan fingerprint density at radius 1 is 1.03 bits per heavy atom. The number of ether oxygens (including phenoxy) is 4. The third kappa shape index (κ3) is 7.07. The second-order valence-corrected chi connectivity index (χ2v) is 12.2.